The molecule has 1 aromatic carbocycles. The van der Waals surface area contributed by atoms with Gasteiger partial charge < -0.3 is 10.3 Å². The van der Waals surface area contributed by atoms with Gasteiger partial charge in [0, 0.05) is 0 Å². The topological polar surface area (TPSA) is 102 Å². The number of carbonyl (C=O) groups is 2. The van der Waals surface area contributed by atoms with Gasteiger partial charge >= 0.3 is 0 Å². The van der Waals surface area contributed by atoms with E-state index in [4.69, 9.17) is 10.3 Å². The number of benzene rings is 1. The van der Waals surface area contributed by atoms with Gasteiger partial charge in [-0.1, -0.05) is 30.1 Å². The smallest absolute Gasteiger partial charge is 0.262 e. The minimum Gasteiger partial charge on any atom is -0.337 e. The summed E-state index contributed by atoms with van der Waals surface area (Å²) >= 11 is 0. The lowest BCUT2D eigenvalue weighted by Gasteiger charge is -2.17. The quantitative estimate of drug-likeness (QED) is 0.851. The van der Waals surface area contributed by atoms with Gasteiger partial charge in [0.25, 0.3) is 11.8 Å². The molecule has 0 unspecified atom stereocenters. The Hall–Kier alpha value is -2.25. The van der Waals surface area contributed by atoms with Crippen molar-refractivity contribution in [3.63, 3.8) is 0 Å². The number of hydrogen-bond donors (Lipinski definition) is 1. The van der Waals surface area contributed by atoms with E-state index in [0.29, 0.717) is 17.0 Å². The first-order chi connectivity index (χ1) is 11.1. The number of amides is 2. The first kappa shape index (κ1) is 16.6. The van der Waals surface area contributed by atoms with Crippen LogP contribution in [0.4, 0.5) is 0 Å². The summed E-state index contributed by atoms with van der Waals surface area (Å²) < 4.78 is 5.21. The van der Waals surface area contributed by atoms with Crippen molar-refractivity contribution >= 4 is 24.2 Å². The number of carbonyl (C=O) groups excluding carboxylic acids is 2. The molecule has 0 spiro atoms. The summed E-state index contributed by atoms with van der Waals surface area (Å²) in [5.41, 5.74) is 6.55. The zero-order valence-corrected chi connectivity index (χ0v) is 13.7. The molecule has 2 aromatic rings. The lowest BCUT2D eigenvalue weighted by atomic mass is 9.99. The van der Waals surface area contributed by atoms with Crippen molar-refractivity contribution in [2.24, 2.45) is 5.73 Å². The number of nitrogens with zero attached hydrogens (tertiary/aromatic N) is 3. The zero-order valence-electron chi connectivity index (χ0n) is 12.9. The Labute approximate surface area is 144 Å². The Kier molecular flexibility index (Phi) is 4.15. The van der Waals surface area contributed by atoms with Gasteiger partial charge in [0.05, 0.1) is 16.7 Å². The van der Waals surface area contributed by atoms with Gasteiger partial charge in [-0.2, -0.15) is 4.98 Å². The van der Waals surface area contributed by atoms with Gasteiger partial charge in [-0.05, 0) is 25.0 Å². The van der Waals surface area contributed by atoms with Crippen LogP contribution in [-0.4, -0.2) is 26.9 Å². The summed E-state index contributed by atoms with van der Waals surface area (Å²) in [7, 11) is 0. The van der Waals surface area contributed by atoms with Crippen molar-refractivity contribution in [2.75, 3.05) is 0 Å². The standard InChI is InChI=1S/C16H16N4O3.ClH/c17-16(7-3-4-8-16)15-18-12(23-19-15)9-20-13(21)10-5-1-2-6-11(10)14(20)22;/h1-2,5-6H,3-4,7-9,17H2;1H. The molecule has 1 fully saturated rings. The molecule has 0 atom stereocenters. The van der Waals surface area contributed by atoms with Crippen LogP contribution in [0.15, 0.2) is 28.8 Å². The van der Waals surface area contributed by atoms with Gasteiger partial charge in [0.15, 0.2) is 5.82 Å². The molecule has 0 saturated heterocycles. The van der Waals surface area contributed by atoms with Crippen molar-refractivity contribution in [3.05, 3.63) is 47.1 Å². The number of rotatable bonds is 3. The molecule has 0 bridgehead atoms. The molecule has 24 heavy (non-hydrogen) atoms. The average Bonchev–Trinajstić information content (AvgIpc) is 3.25. The fourth-order valence-electron chi connectivity index (χ4n) is 3.27. The second-order valence-corrected chi connectivity index (χ2v) is 6.12. The van der Waals surface area contributed by atoms with E-state index in [9.17, 15) is 9.59 Å². The summed E-state index contributed by atoms with van der Waals surface area (Å²) in [6.07, 6.45) is 3.72. The van der Waals surface area contributed by atoms with Crippen LogP contribution in [0.3, 0.4) is 0 Å². The van der Waals surface area contributed by atoms with Crippen LogP contribution in [0.25, 0.3) is 0 Å². The lowest BCUT2D eigenvalue weighted by Crippen LogP contribution is -2.34. The Bertz CT molecular complexity index is 763. The molecule has 7 nitrogen and oxygen atoms in total. The Morgan fingerprint density at radius 3 is 2.29 bits per heavy atom. The predicted octanol–water partition coefficient (Wildman–Crippen LogP) is 2.02. The van der Waals surface area contributed by atoms with Gasteiger partial charge in [0.2, 0.25) is 5.89 Å². The molecule has 126 valence electrons. The first-order valence-corrected chi connectivity index (χ1v) is 7.66. The SMILES string of the molecule is Cl.NC1(c2noc(CN3C(=O)c4ccccc4C3=O)n2)CCCC1. The van der Waals surface area contributed by atoms with Crippen molar-refractivity contribution in [1.29, 1.82) is 0 Å². The molecule has 2 heterocycles. The van der Waals surface area contributed by atoms with Crippen LogP contribution >= 0.6 is 12.4 Å². The van der Waals surface area contributed by atoms with Gasteiger partial charge in [0.1, 0.15) is 6.54 Å². The number of imide groups is 1. The molecule has 4 rings (SSSR count). The summed E-state index contributed by atoms with van der Waals surface area (Å²) in [5, 5.41) is 3.95. The highest BCUT2D eigenvalue weighted by atomic mass is 35.5. The maximum atomic E-state index is 12.3. The molecule has 1 aromatic heterocycles. The molecule has 8 heteroatoms. The van der Waals surface area contributed by atoms with Crippen LogP contribution in [0.2, 0.25) is 0 Å². The largest absolute Gasteiger partial charge is 0.337 e. The first-order valence-electron chi connectivity index (χ1n) is 7.66. The number of fused-ring (bicyclic) bond motifs is 1. The van der Waals surface area contributed by atoms with Crippen molar-refractivity contribution in [3.8, 4) is 0 Å². The number of aromatic nitrogens is 2. The molecule has 1 aliphatic carbocycles. The van der Waals surface area contributed by atoms with E-state index < -0.39 is 5.54 Å². The van der Waals surface area contributed by atoms with Gasteiger partial charge in [-0.3, -0.25) is 14.5 Å². The molecule has 2 amide bonds. The van der Waals surface area contributed by atoms with Crippen LogP contribution in [0.1, 0.15) is 58.1 Å². The van der Waals surface area contributed by atoms with E-state index in [1.54, 1.807) is 24.3 Å². The van der Waals surface area contributed by atoms with Crippen LogP contribution < -0.4 is 5.73 Å². The third kappa shape index (κ3) is 2.50. The zero-order chi connectivity index (χ0) is 16.0. The molecular formula is C16H17ClN4O3. The number of hydrogen-bond acceptors (Lipinski definition) is 6. The predicted molar refractivity (Wildman–Crippen MR) is 86.5 cm³/mol. The summed E-state index contributed by atoms with van der Waals surface area (Å²) in [6.45, 7) is -0.0323. The maximum Gasteiger partial charge on any atom is 0.262 e. The van der Waals surface area contributed by atoms with E-state index in [0.717, 1.165) is 30.6 Å². The molecule has 0 radical (unpaired) electrons. The Morgan fingerprint density at radius 1 is 1.12 bits per heavy atom. The fourth-order valence-corrected chi connectivity index (χ4v) is 3.27. The molecule has 2 N–H and O–H groups in total. The highest BCUT2D eigenvalue weighted by Crippen LogP contribution is 2.34. The monoisotopic (exact) mass is 348 g/mol. The lowest BCUT2D eigenvalue weighted by molar-refractivity contribution is 0.0625. The normalized spacial score (nSPS) is 18.6. The van der Waals surface area contributed by atoms with E-state index >= 15 is 0 Å². The fraction of sp³-hybridized carbons (Fsp3) is 0.375. The van der Waals surface area contributed by atoms with Crippen molar-refractivity contribution in [2.45, 2.75) is 37.8 Å². The van der Waals surface area contributed by atoms with Crippen LogP contribution in [0.5, 0.6) is 0 Å². The molecule has 2 aliphatic rings. The number of halogens is 1. The highest BCUT2D eigenvalue weighted by Gasteiger charge is 2.38. The van der Waals surface area contributed by atoms with Gasteiger partial charge in [-0.15, -0.1) is 12.4 Å². The molecule has 1 aliphatic heterocycles. The van der Waals surface area contributed by atoms with E-state index in [2.05, 4.69) is 10.1 Å². The summed E-state index contributed by atoms with van der Waals surface area (Å²) in [5.74, 6) is 0.00944. The van der Waals surface area contributed by atoms with Gasteiger partial charge in [-0.25, -0.2) is 0 Å². The van der Waals surface area contributed by atoms with E-state index in [-0.39, 0.29) is 36.7 Å². The number of nitrogens with two attached hydrogens (primary N) is 1. The molecule has 1 saturated carbocycles. The van der Waals surface area contributed by atoms with E-state index in [1.807, 2.05) is 0 Å². The summed E-state index contributed by atoms with van der Waals surface area (Å²) in [6, 6.07) is 6.75. The minimum absolute atomic E-state index is 0. The van der Waals surface area contributed by atoms with Crippen LogP contribution in [-0.2, 0) is 12.1 Å². The van der Waals surface area contributed by atoms with Crippen molar-refractivity contribution in [1.82, 2.24) is 15.0 Å². The van der Waals surface area contributed by atoms with Crippen LogP contribution in [0, 0.1) is 0 Å². The van der Waals surface area contributed by atoms with Crippen molar-refractivity contribution < 1.29 is 14.1 Å². The maximum absolute atomic E-state index is 12.3. The Balaban J connectivity index is 0.00000169. The third-order valence-corrected chi connectivity index (χ3v) is 4.58. The summed E-state index contributed by atoms with van der Waals surface area (Å²) in [4.78, 5) is 30.1. The average molecular weight is 349 g/mol. The molecular weight excluding hydrogens is 332 g/mol. The second-order valence-electron chi connectivity index (χ2n) is 6.12. The Morgan fingerprint density at radius 2 is 1.71 bits per heavy atom. The third-order valence-electron chi connectivity index (χ3n) is 4.58. The minimum atomic E-state index is -0.552. The van der Waals surface area contributed by atoms with E-state index in [1.165, 1.54) is 0 Å². The second kappa shape index (κ2) is 5.99. The highest BCUT2D eigenvalue weighted by molar-refractivity contribution is 6.21.